The number of rotatable bonds is 7. The topological polar surface area (TPSA) is 41.1 Å². The standard InChI is InChI=1S/C8H18N2OS/c1-8(11)10-5-7-12-6-3-4-9-2/h9H,3-7H2,1-2H3,(H,10,11). The first-order valence-corrected chi connectivity index (χ1v) is 5.39. The third kappa shape index (κ3) is 9.78. The third-order valence-electron chi connectivity index (χ3n) is 1.34. The lowest BCUT2D eigenvalue weighted by molar-refractivity contribution is -0.118. The van der Waals surface area contributed by atoms with Crippen molar-refractivity contribution < 1.29 is 4.79 Å². The van der Waals surface area contributed by atoms with Crippen molar-refractivity contribution in [1.29, 1.82) is 0 Å². The van der Waals surface area contributed by atoms with Gasteiger partial charge in [0.05, 0.1) is 0 Å². The predicted octanol–water partition coefficient (Wildman–Crippen LogP) is 0.465. The molecular weight excluding hydrogens is 172 g/mol. The molecule has 0 rings (SSSR count). The fourth-order valence-corrected chi connectivity index (χ4v) is 1.55. The summed E-state index contributed by atoms with van der Waals surface area (Å²) in [7, 11) is 1.96. The Balaban J connectivity index is 2.86. The second-order valence-electron chi connectivity index (χ2n) is 2.55. The van der Waals surface area contributed by atoms with Gasteiger partial charge in [-0.05, 0) is 25.8 Å². The Morgan fingerprint density at radius 3 is 2.67 bits per heavy atom. The second kappa shape index (κ2) is 8.87. The molecule has 0 aromatic rings. The molecular formula is C8H18N2OS. The van der Waals surface area contributed by atoms with Gasteiger partial charge in [0.15, 0.2) is 0 Å². The zero-order valence-electron chi connectivity index (χ0n) is 7.85. The first-order chi connectivity index (χ1) is 5.77. The lowest BCUT2D eigenvalue weighted by atomic mass is 10.5. The second-order valence-corrected chi connectivity index (χ2v) is 3.78. The normalized spacial score (nSPS) is 9.83. The molecule has 4 heteroatoms. The number of carbonyl (C=O) groups is 1. The van der Waals surface area contributed by atoms with Crippen LogP contribution < -0.4 is 10.6 Å². The molecule has 0 unspecified atom stereocenters. The largest absolute Gasteiger partial charge is 0.356 e. The molecule has 0 saturated carbocycles. The maximum atomic E-state index is 10.4. The van der Waals surface area contributed by atoms with Crippen LogP contribution in [0.1, 0.15) is 13.3 Å². The SMILES string of the molecule is CNCCCSCCNC(C)=O. The van der Waals surface area contributed by atoms with E-state index in [0.717, 1.165) is 18.8 Å². The van der Waals surface area contributed by atoms with E-state index in [-0.39, 0.29) is 5.91 Å². The van der Waals surface area contributed by atoms with E-state index < -0.39 is 0 Å². The molecule has 0 aliphatic rings. The molecule has 12 heavy (non-hydrogen) atoms. The Morgan fingerprint density at radius 1 is 1.33 bits per heavy atom. The van der Waals surface area contributed by atoms with Crippen molar-refractivity contribution in [3.63, 3.8) is 0 Å². The summed E-state index contributed by atoms with van der Waals surface area (Å²) in [6.07, 6.45) is 1.20. The van der Waals surface area contributed by atoms with Crippen molar-refractivity contribution in [2.75, 3.05) is 31.6 Å². The van der Waals surface area contributed by atoms with Crippen molar-refractivity contribution in [1.82, 2.24) is 10.6 Å². The molecule has 0 saturated heterocycles. The highest BCUT2D eigenvalue weighted by Crippen LogP contribution is 1.99. The number of hydrogen-bond acceptors (Lipinski definition) is 3. The van der Waals surface area contributed by atoms with Gasteiger partial charge in [0.1, 0.15) is 0 Å². The van der Waals surface area contributed by atoms with Crippen LogP contribution in [0.3, 0.4) is 0 Å². The molecule has 0 bridgehead atoms. The van der Waals surface area contributed by atoms with Gasteiger partial charge in [-0.15, -0.1) is 0 Å². The Labute approximate surface area is 78.7 Å². The highest BCUT2D eigenvalue weighted by atomic mass is 32.2. The summed E-state index contributed by atoms with van der Waals surface area (Å²) in [5, 5.41) is 5.85. The van der Waals surface area contributed by atoms with E-state index in [0.29, 0.717) is 0 Å². The Morgan fingerprint density at radius 2 is 2.08 bits per heavy atom. The summed E-state index contributed by atoms with van der Waals surface area (Å²) < 4.78 is 0. The number of amides is 1. The molecule has 0 fully saturated rings. The van der Waals surface area contributed by atoms with Crippen molar-refractivity contribution in [2.45, 2.75) is 13.3 Å². The Kier molecular flexibility index (Phi) is 8.71. The van der Waals surface area contributed by atoms with E-state index in [1.165, 1.54) is 12.2 Å². The first kappa shape index (κ1) is 11.8. The molecule has 72 valence electrons. The molecule has 2 N–H and O–H groups in total. The van der Waals surface area contributed by atoms with Crippen LogP contribution in [0.2, 0.25) is 0 Å². The molecule has 0 aromatic carbocycles. The van der Waals surface area contributed by atoms with Crippen molar-refractivity contribution in [2.24, 2.45) is 0 Å². The van der Waals surface area contributed by atoms with Gasteiger partial charge in [-0.3, -0.25) is 4.79 Å². The van der Waals surface area contributed by atoms with Gasteiger partial charge in [0, 0.05) is 19.2 Å². The smallest absolute Gasteiger partial charge is 0.216 e. The van der Waals surface area contributed by atoms with Crippen molar-refractivity contribution in [3.05, 3.63) is 0 Å². The van der Waals surface area contributed by atoms with E-state index in [4.69, 9.17) is 0 Å². The monoisotopic (exact) mass is 190 g/mol. The average Bonchev–Trinajstić information content (AvgIpc) is 2.02. The number of nitrogens with one attached hydrogen (secondary N) is 2. The van der Waals surface area contributed by atoms with Crippen LogP contribution in [0.5, 0.6) is 0 Å². The Bertz CT molecular complexity index is 120. The fraction of sp³-hybridized carbons (Fsp3) is 0.875. The van der Waals surface area contributed by atoms with Gasteiger partial charge in [-0.2, -0.15) is 11.8 Å². The van der Waals surface area contributed by atoms with E-state index in [1.807, 2.05) is 18.8 Å². The number of hydrogen-bond donors (Lipinski definition) is 2. The Hall–Kier alpha value is -0.220. The number of carbonyl (C=O) groups excluding carboxylic acids is 1. The summed E-state index contributed by atoms with van der Waals surface area (Å²) >= 11 is 1.88. The quantitative estimate of drug-likeness (QED) is 0.573. The summed E-state index contributed by atoms with van der Waals surface area (Å²) in [5.74, 6) is 2.25. The molecule has 0 aromatic heterocycles. The van der Waals surface area contributed by atoms with Crippen LogP contribution >= 0.6 is 11.8 Å². The number of thioether (sulfide) groups is 1. The van der Waals surface area contributed by atoms with Gasteiger partial charge in [-0.25, -0.2) is 0 Å². The zero-order chi connectivity index (χ0) is 9.23. The van der Waals surface area contributed by atoms with E-state index in [1.54, 1.807) is 6.92 Å². The lowest BCUT2D eigenvalue weighted by Crippen LogP contribution is -2.22. The fourth-order valence-electron chi connectivity index (χ4n) is 0.752. The van der Waals surface area contributed by atoms with Gasteiger partial charge in [0.2, 0.25) is 5.91 Å². The van der Waals surface area contributed by atoms with Gasteiger partial charge in [0.25, 0.3) is 0 Å². The van der Waals surface area contributed by atoms with E-state index in [9.17, 15) is 4.79 Å². The van der Waals surface area contributed by atoms with E-state index in [2.05, 4.69) is 10.6 Å². The van der Waals surface area contributed by atoms with Crippen LogP contribution in [0, 0.1) is 0 Å². The summed E-state index contributed by atoms with van der Waals surface area (Å²) in [6.45, 7) is 3.42. The van der Waals surface area contributed by atoms with Crippen LogP contribution in [0.15, 0.2) is 0 Å². The maximum absolute atomic E-state index is 10.4. The summed E-state index contributed by atoms with van der Waals surface area (Å²) in [5.41, 5.74) is 0. The molecule has 0 heterocycles. The minimum atomic E-state index is 0.0609. The minimum absolute atomic E-state index is 0.0609. The summed E-state index contributed by atoms with van der Waals surface area (Å²) in [6, 6.07) is 0. The highest BCUT2D eigenvalue weighted by molar-refractivity contribution is 7.99. The molecule has 0 aliphatic carbocycles. The third-order valence-corrected chi connectivity index (χ3v) is 2.41. The van der Waals surface area contributed by atoms with Crippen LogP contribution in [-0.4, -0.2) is 37.6 Å². The molecule has 0 radical (unpaired) electrons. The highest BCUT2D eigenvalue weighted by Gasteiger charge is 1.91. The van der Waals surface area contributed by atoms with E-state index >= 15 is 0 Å². The van der Waals surface area contributed by atoms with Gasteiger partial charge >= 0.3 is 0 Å². The lowest BCUT2D eigenvalue weighted by Gasteiger charge is -2.01. The zero-order valence-corrected chi connectivity index (χ0v) is 8.67. The van der Waals surface area contributed by atoms with Gasteiger partial charge < -0.3 is 10.6 Å². The van der Waals surface area contributed by atoms with Crippen LogP contribution in [0.4, 0.5) is 0 Å². The molecule has 3 nitrogen and oxygen atoms in total. The van der Waals surface area contributed by atoms with Crippen molar-refractivity contribution in [3.8, 4) is 0 Å². The maximum Gasteiger partial charge on any atom is 0.216 e. The summed E-state index contributed by atoms with van der Waals surface area (Å²) in [4.78, 5) is 10.4. The van der Waals surface area contributed by atoms with Crippen molar-refractivity contribution >= 4 is 17.7 Å². The average molecular weight is 190 g/mol. The van der Waals surface area contributed by atoms with Gasteiger partial charge in [-0.1, -0.05) is 0 Å². The molecule has 1 amide bonds. The minimum Gasteiger partial charge on any atom is -0.356 e. The predicted molar refractivity (Wildman–Crippen MR) is 54.6 cm³/mol. The molecule has 0 atom stereocenters. The molecule has 0 spiro atoms. The first-order valence-electron chi connectivity index (χ1n) is 4.24. The molecule has 0 aliphatic heterocycles. The van der Waals surface area contributed by atoms with Crippen LogP contribution in [-0.2, 0) is 4.79 Å². The van der Waals surface area contributed by atoms with Crippen LogP contribution in [0.25, 0.3) is 0 Å².